The number of hydrogen-bond donors (Lipinski definition) is 0. The van der Waals surface area contributed by atoms with Crippen molar-refractivity contribution in [2.75, 3.05) is 0 Å². The molecule has 41 heavy (non-hydrogen) atoms. The number of aromatic nitrogens is 2. The van der Waals surface area contributed by atoms with Crippen LogP contribution in [0.4, 0.5) is 0 Å². The van der Waals surface area contributed by atoms with Gasteiger partial charge in [0.1, 0.15) is 0 Å². The molecule has 0 amide bonds. The van der Waals surface area contributed by atoms with Crippen LogP contribution in [0, 0.1) is 0 Å². The van der Waals surface area contributed by atoms with Crippen LogP contribution in [0.15, 0.2) is 146 Å². The Hall–Kier alpha value is -5.34. The lowest BCUT2D eigenvalue weighted by molar-refractivity contribution is 0.794. The molecule has 2 aliphatic rings. The van der Waals surface area contributed by atoms with Gasteiger partial charge in [0.05, 0.1) is 16.6 Å². The summed E-state index contributed by atoms with van der Waals surface area (Å²) in [6.45, 7) is 0. The number of para-hydroxylation sites is 1. The molecule has 0 N–H and O–H groups in total. The molecule has 2 nitrogen and oxygen atoms in total. The molecule has 1 aromatic heterocycles. The van der Waals surface area contributed by atoms with Crippen LogP contribution in [0.1, 0.15) is 22.3 Å². The number of hydrogen-bond acceptors (Lipinski definition) is 2. The van der Waals surface area contributed by atoms with Crippen molar-refractivity contribution in [3.05, 3.63) is 168 Å². The number of rotatable bonds is 2. The molecule has 7 aromatic rings. The van der Waals surface area contributed by atoms with E-state index in [-0.39, 0.29) is 0 Å². The van der Waals surface area contributed by atoms with Crippen LogP contribution in [-0.4, -0.2) is 9.97 Å². The highest BCUT2D eigenvalue weighted by Crippen LogP contribution is 2.64. The van der Waals surface area contributed by atoms with Crippen molar-refractivity contribution in [3.63, 3.8) is 0 Å². The first kappa shape index (κ1) is 22.5. The van der Waals surface area contributed by atoms with Gasteiger partial charge in [-0.1, -0.05) is 140 Å². The van der Waals surface area contributed by atoms with E-state index in [1.807, 2.05) is 6.07 Å². The van der Waals surface area contributed by atoms with E-state index in [0.29, 0.717) is 0 Å². The third-order valence-corrected chi connectivity index (χ3v) is 8.90. The molecule has 2 heteroatoms. The second-order valence-corrected chi connectivity index (χ2v) is 10.9. The summed E-state index contributed by atoms with van der Waals surface area (Å²) >= 11 is 0. The molecule has 9 rings (SSSR count). The molecule has 0 saturated heterocycles. The van der Waals surface area contributed by atoms with Gasteiger partial charge in [0.2, 0.25) is 0 Å². The topological polar surface area (TPSA) is 25.8 Å². The number of benzene rings is 6. The molecule has 0 radical (unpaired) electrons. The van der Waals surface area contributed by atoms with Gasteiger partial charge in [0.15, 0.2) is 5.82 Å². The van der Waals surface area contributed by atoms with Gasteiger partial charge >= 0.3 is 0 Å². The zero-order valence-electron chi connectivity index (χ0n) is 22.3. The van der Waals surface area contributed by atoms with E-state index in [1.54, 1.807) is 0 Å². The lowest BCUT2D eigenvalue weighted by atomic mass is 9.69. The Morgan fingerprint density at radius 2 is 0.902 bits per heavy atom. The summed E-state index contributed by atoms with van der Waals surface area (Å²) in [4.78, 5) is 10.6. The Labute approximate surface area is 238 Å². The van der Waals surface area contributed by atoms with E-state index < -0.39 is 5.41 Å². The molecular formula is C39H24N2. The van der Waals surface area contributed by atoms with E-state index in [9.17, 15) is 0 Å². The molecule has 1 spiro atoms. The molecule has 0 atom stereocenters. The van der Waals surface area contributed by atoms with Gasteiger partial charge in [-0.3, -0.25) is 0 Å². The van der Waals surface area contributed by atoms with E-state index in [4.69, 9.17) is 9.97 Å². The van der Waals surface area contributed by atoms with Crippen LogP contribution >= 0.6 is 0 Å². The molecular weight excluding hydrogens is 496 g/mol. The lowest BCUT2D eigenvalue weighted by Gasteiger charge is -2.32. The quantitative estimate of drug-likeness (QED) is 0.227. The zero-order chi connectivity index (χ0) is 27.0. The second kappa shape index (κ2) is 8.33. The molecule has 0 unspecified atom stereocenters. The van der Waals surface area contributed by atoms with Gasteiger partial charge in [-0.2, -0.15) is 0 Å². The maximum Gasteiger partial charge on any atom is 0.160 e. The Bertz CT molecular complexity index is 2100. The van der Waals surface area contributed by atoms with Crippen LogP contribution in [-0.2, 0) is 5.41 Å². The highest BCUT2D eigenvalue weighted by atomic mass is 14.9. The van der Waals surface area contributed by atoms with Crippen LogP contribution in [0.5, 0.6) is 0 Å². The Morgan fingerprint density at radius 1 is 0.390 bits per heavy atom. The fraction of sp³-hybridized carbons (Fsp3) is 0.0256. The molecule has 190 valence electrons. The summed E-state index contributed by atoms with van der Waals surface area (Å²) in [5.41, 5.74) is 14.0. The molecule has 0 aliphatic heterocycles. The minimum atomic E-state index is -0.447. The van der Waals surface area contributed by atoms with Gasteiger partial charge < -0.3 is 0 Å². The largest absolute Gasteiger partial charge is 0.228 e. The monoisotopic (exact) mass is 520 g/mol. The predicted octanol–water partition coefficient (Wildman–Crippen LogP) is 9.31. The predicted molar refractivity (Wildman–Crippen MR) is 167 cm³/mol. The van der Waals surface area contributed by atoms with Gasteiger partial charge in [-0.25, -0.2) is 9.97 Å². The van der Waals surface area contributed by atoms with Crippen LogP contribution in [0.25, 0.3) is 55.8 Å². The molecule has 0 saturated carbocycles. The van der Waals surface area contributed by atoms with E-state index >= 15 is 0 Å². The molecule has 0 fully saturated rings. The Balaban J connectivity index is 1.43. The third kappa shape index (κ3) is 2.91. The summed E-state index contributed by atoms with van der Waals surface area (Å²) in [6, 6.07) is 52.2. The first-order chi connectivity index (χ1) is 20.4. The van der Waals surface area contributed by atoms with Crippen LogP contribution < -0.4 is 0 Å². The summed E-state index contributed by atoms with van der Waals surface area (Å²) in [5, 5.41) is 1.06. The van der Waals surface area contributed by atoms with Crippen molar-refractivity contribution >= 4 is 10.9 Å². The summed E-state index contributed by atoms with van der Waals surface area (Å²) in [7, 11) is 0. The molecule has 2 aliphatic carbocycles. The van der Waals surface area contributed by atoms with Crippen LogP contribution in [0.2, 0.25) is 0 Å². The minimum Gasteiger partial charge on any atom is -0.228 e. The second-order valence-electron chi connectivity index (χ2n) is 10.9. The maximum atomic E-state index is 5.34. The fourth-order valence-electron chi connectivity index (χ4n) is 7.35. The minimum absolute atomic E-state index is 0.447. The standard InChI is InChI=1S/C39H24N2/c1-2-13-25(14-3-1)37-30-18-7-11-24-35(30)40-38(41-37)31-20-12-19-29-28-17-6-10-23-34(28)39(36(29)31)32-21-8-4-15-26(32)27-16-5-9-22-33(27)39/h1-24H. The number of fused-ring (bicyclic) bond motifs is 11. The molecule has 1 heterocycles. The lowest BCUT2D eigenvalue weighted by Crippen LogP contribution is -2.26. The molecule has 6 aromatic carbocycles. The van der Waals surface area contributed by atoms with Crippen molar-refractivity contribution in [3.8, 4) is 44.9 Å². The van der Waals surface area contributed by atoms with E-state index in [2.05, 4.69) is 140 Å². The van der Waals surface area contributed by atoms with E-state index in [1.165, 1.54) is 44.5 Å². The fourth-order valence-corrected chi connectivity index (χ4v) is 7.35. The van der Waals surface area contributed by atoms with Crippen molar-refractivity contribution in [1.29, 1.82) is 0 Å². The van der Waals surface area contributed by atoms with Gasteiger partial charge in [-0.15, -0.1) is 0 Å². The number of nitrogens with zero attached hydrogens (tertiary/aromatic N) is 2. The SMILES string of the molecule is c1ccc(-c2nc(-c3cccc4c3C3(c5ccccc5-c5ccccc53)c3ccccc3-4)nc3ccccc23)cc1. The summed E-state index contributed by atoms with van der Waals surface area (Å²) < 4.78 is 0. The first-order valence-corrected chi connectivity index (χ1v) is 14.1. The summed E-state index contributed by atoms with van der Waals surface area (Å²) in [5.74, 6) is 0.758. The third-order valence-electron chi connectivity index (χ3n) is 8.90. The van der Waals surface area contributed by atoms with Crippen LogP contribution in [0.3, 0.4) is 0 Å². The van der Waals surface area contributed by atoms with Gasteiger partial charge in [0.25, 0.3) is 0 Å². The van der Waals surface area contributed by atoms with Gasteiger partial charge in [-0.05, 0) is 50.6 Å². The Morgan fingerprint density at radius 3 is 1.59 bits per heavy atom. The van der Waals surface area contributed by atoms with Gasteiger partial charge in [0, 0.05) is 16.5 Å². The molecule has 0 bridgehead atoms. The zero-order valence-corrected chi connectivity index (χ0v) is 22.3. The average molecular weight is 521 g/mol. The van der Waals surface area contributed by atoms with Crippen molar-refractivity contribution in [2.24, 2.45) is 0 Å². The first-order valence-electron chi connectivity index (χ1n) is 14.1. The van der Waals surface area contributed by atoms with Crippen molar-refractivity contribution in [1.82, 2.24) is 9.97 Å². The maximum absolute atomic E-state index is 5.34. The van der Waals surface area contributed by atoms with Crippen molar-refractivity contribution < 1.29 is 0 Å². The summed E-state index contributed by atoms with van der Waals surface area (Å²) in [6.07, 6.45) is 0. The highest BCUT2D eigenvalue weighted by Gasteiger charge is 2.52. The highest BCUT2D eigenvalue weighted by molar-refractivity contribution is 5.99. The Kier molecular flexibility index (Phi) is 4.57. The van der Waals surface area contributed by atoms with E-state index in [0.717, 1.165) is 33.5 Å². The average Bonchev–Trinajstić information content (AvgIpc) is 3.52. The van der Waals surface area contributed by atoms with Crippen molar-refractivity contribution in [2.45, 2.75) is 5.41 Å². The smallest absolute Gasteiger partial charge is 0.160 e. The normalized spacial score (nSPS) is 13.6.